The number of carbonyl (C=O) groups excluding carboxylic acids is 1. The van der Waals surface area contributed by atoms with Crippen molar-refractivity contribution >= 4 is 5.91 Å². The summed E-state index contributed by atoms with van der Waals surface area (Å²) < 4.78 is 0. The Bertz CT molecular complexity index is 427. The monoisotopic (exact) mass is 238 g/mol. The van der Waals surface area contributed by atoms with Crippen LogP contribution in [0.25, 0.3) is 0 Å². The number of rotatable bonds is 5. The molecular formula is C11H18N4O2. The molecule has 1 amide bonds. The van der Waals surface area contributed by atoms with Gasteiger partial charge in [-0.15, -0.1) is 0 Å². The standard InChI is InChI=1S/C11H18N4O2/c1-4-8(7-15(2)3)13-11(17)9-5-12-6-10(16)14-9/h5-6,8H,4,7H2,1-3H3,(H,13,17)(H,14,16)/t8-/m1/s1. The summed E-state index contributed by atoms with van der Waals surface area (Å²) >= 11 is 0. The van der Waals surface area contributed by atoms with Crippen LogP contribution in [0.5, 0.6) is 0 Å². The summed E-state index contributed by atoms with van der Waals surface area (Å²) in [4.78, 5) is 31.0. The predicted octanol–water partition coefficient (Wildman–Crippen LogP) is -0.160. The van der Waals surface area contributed by atoms with Gasteiger partial charge in [-0.25, -0.2) is 0 Å². The molecule has 0 unspecified atom stereocenters. The number of amides is 1. The normalized spacial score (nSPS) is 12.5. The summed E-state index contributed by atoms with van der Waals surface area (Å²) in [5, 5.41) is 2.85. The number of hydrogen-bond acceptors (Lipinski definition) is 4. The molecule has 1 heterocycles. The Kier molecular flexibility index (Phi) is 4.84. The van der Waals surface area contributed by atoms with E-state index in [-0.39, 0.29) is 23.2 Å². The molecule has 0 bridgehead atoms. The minimum absolute atomic E-state index is 0.0567. The molecule has 0 aromatic carbocycles. The van der Waals surface area contributed by atoms with Gasteiger partial charge in [0.1, 0.15) is 5.69 Å². The van der Waals surface area contributed by atoms with Crippen molar-refractivity contribution in [1.82, 2.24) is 20.2 Å². The van der Waals surface area contributed by atoms with Gasteiger partial charge in [-0.1, -0.05) is 6.92 Å². The van der Waals surface area contributed by atoms with E-state index in [4.69, 9.17) is 0 Å². The van der Waals surface area contributed by atoms with Gasteiger partial charge in [0.05, 0.1) is 12.4 Å². The lowest BCUT2D eigenvalue weighted by Crippen LogP contribution is -2.41. The highest BCUT2D eigenvalue weighted by molar-refractivity contribution is 5.92. The van der Waals surface area contributed by atoms with Crippen molar-refractivity contribution in [3.05, 3.63) is 28.4 Å². The van der Waals surface area contributed by atoms with E-state index in [1.54, 1.807) is 0 Å². The molecule has 0 aliphatic heterocycles. The van der Waals surface area contributed by atoms with Gasteiger partial charge in [0.25, 0.3) is 11.5 Å². The third-order valence-corrected chi connectivity index (χ3v) is 2.31. The number of H-pyrrole nitrogens is 1. The van der Waals surface area contributed by atoms with Crippen molar-refractivity contribution in [2.45, 2.75) is 19.4 Å². The molecule has 1 atom stereocenters. The second-order valence-corrected chi connectivity index (χ2v) is 4.15. The fourth-order valence-corrected chi connectivity index (χ4v) is 1.47. The molecular weight excluding hydrogens is 220 g/mol. The topological polar surface area (TPSA) is 78.1 Å². The van der Waals surface area contributed by atoms with Crippen molar-refractivity contribution in [1.29, 1.82) is 0 Å². The van der Waals surface area contributed by atoms with Gasteiger partial charge in [0.2, 0.25) is 0 Å². The number of aromatic nitrogens is 2. The van der Waals surface area contributed by atoms with E-state index in [1.807, 2.05) is 25.9 Å². The maximum Gasteiger partial charge on any atom is 0.269 e. The third-order valence-electron chi connectivity index (χ3n) is 2.31. The van der Waals surface area contributed by atoms with E-state index >= 15 is 0 Å². The summed E-state index contributed by atoms with van der Waals surface area (Å²) in [6.45, 7) is 2.76. The number of carbonyl (C=O) groups is 1. The van der Waals surface area contributed by atoms with Gasteiger partial charge in [0, 0.05) is 12.6 Å². The van der Waals surface area contributed by atoms with E-state index in [1.165, 1.54) is 6.20 Å². The Morgan fingerprint density at radius 2 is 2.24 bits per heavy atom. The Balaban J connectivity index is 2.67. The van der Waals surface area contributed by atoms with Crippen LogP contribution in [0.3, 0.4) is 0 Å². The minimum Gasteiger partial charge on any atom is -0.347 e. The second-order valence-electron chi connectivity index (χ2n) is 4.15. The lowest BCUT2D eigenvalue weighted by molar-refractivity contribution is 0.0923. The van der Waals surface area contributed by atoms with Crippen LogP contribution in [0.4, 0.5) is 0 Å². The zero-order chi connectivity index (χ0) is 12.8. The van der Waals surface area contributed by atoms with Gasteiger partial charge in [-0.3, -0.25) is 14.6 Å². The Morgan fingerprint density at radius 3 is 2.76 bits per heavy atom. The van der Waals surface area contributed by atoms with Crippen molar-refractivity contribution < 1.29 is 4.79 Å². The molecule has 0 aliphatic carbocycles. The van der Waals surface area contributed by atoms with Crippen LogP contribution in [0.2, 0.25) is 0 Å². The summed E-state index contributed by atoms with van der Waals surface area (Å²) in [6, 6.07) is 0.0567. The van der Waals surface area contributed by atoms with E-state index in [9.17, 15) is 9.59 Å². The number of likely N-dealkylation sites (N-methyl/N-ethyl adjacent to an activating group) is 1. The molecule has 1 aromatic rings. The van der Waals surface area contributed by atoms with Crippen LogP contribution in [0.1, 0.15) is 23.8 Å². The summed E-state index contributed by atoms with van der Waals surface area (Å²) in [7, 11) is 3.89. The highest BCUT2D eigenvalue weighted by atomic mass is 16.2. The number of hydrogen-bond donors (Lipinski definition) is 2. The molecule has 2 N–H and O–H groups in total. The van der Waals surface area contributed by atoms with E-state index in [0.717, 1.165) is 19.2 Å². The number of nitrogens with one attached hydrogen (secondary N) is 2. The van der Waals surface area contributed by atoms with Crippen LogP contribution >= 0.6 is 0 Å². The van der Waals surface area contributed by atoms with Crippen molar-refractivity contribution in [2.75, 3.05) is 20.6 Å². The molecule has 0 fully saturated rings. The number of nitrogens with zero attached hydrogens (tertiary/aromatic N) is 2. The molecule has 94 valence electrons. The first kappa shape index (κ1) is 13.4. The first-order chi connectivity index (χ1) is 8.02. The molecule has 1 rings (SSSR count). The van der Waals surface area contributed by atoms with Gasteiger partial charge in [-0.05, 0) is 20.5 Å². The molecule has 1 aromatic heterocycles. The molecule has 6 heteroatoms. The first-order valence-corrected chi connectivity index (χ1v) is 5.52. The number of aromatic amines is 1. The van der Waals surface area contributed by atoms with E-state index < -0.39 is 0 Å². The smallest absolute Gasteiger partial charge is 0.269 e. The molecule has 17 heavy (non-hydrogen) atoms. The third kappa shape index (κ3) is 4.36. The fourth-order valence-electron chi connectivity index (χ4n) is 1.47. The highest BCUT2D eigenvalue weighted by Crippen LogP contribution is 1.96. The summed E-state index contributed by atoms with van der Waals surface area (Å²) in [5.74, 6) is -0.302. The lowest BCUT2D eigenvalue weighted by Gasteiger charge is -2.20. The van der Waals surface area contributed by atoms with Crippen LogP contribution in [0.15, 0.2) is 17.2 Å². The molecule has 6 nitrogen and oxygen atoms in total. The zero-order valence-corrected chi connectivity index (χ0v) is 10.4. The Morgan fingerprint density at radius 1 is 1.53 bits per heavy atom. The van der Waals surface area contributed by atoms with Gasteiger partial charge < -0.3 is 15.2 Å². The summed E-state index contributed by atoms with van der Waals surface area (Å²) in [5.41, 5.74) is -0.187. The molecule has 0 radical (unpaired) electrons. The lowest BCUT2D eigenvalue weighted by atomic mass is 10.2. The van der Waals surface area contributed by atoms with Crippen molar-refractivity contribution in [2.24, 2.45) is 0 Å². The van der Waals surface area contributed by atoms with Crippen LogP contribution < -0.4 is 10.9 Å². The maximum absolute atomic E-state index is 11.8. The average molecular weight is 238 g/mol. The van der Waals surface area contributed by atoms with Gasteiger partial charge in [0.15, 0.2) is 0 Å². The molecule has 0 aliphatic rings. The van der Waals surface area contributed by atoms with Crippen molar-refractivity contribution in [3.63, 3.8) is 0 Å². The maximum atomic E-state index is 11.8. The fraction of sp³-hybridized carbons (Fsp3) is 0.545. The molecule has 0 spiro atoms. The average Bonchev–Trinajstić information content (AvgIpc) is 2.27. The largest absolute Gasteiger partial charge is 0.347 e. The van der Waals surface area contributed by atoms with Gasteiger partial charge in [-0.2, -0.15) is 0 Å². The minimum atomic E-state index is -0.377. The zero-order valence-electron chi connectivity index (χ0n) is 10.4. The first-order valence-electron chi connectivity index (χ1n) is 5.52. The molecule has 0 saturated carbocycles. The van der Waals surface area contributed by atoms with Crippen molar-refractivity contribution in [3.8, 4) is 0 Å². The summed E-state index contributed by atoms with van der Waals surface area (Å²) in [6.07, 6.45) is 3.31. The molecule has 0 saturated heterocycles. The van der Waals surface area contributed by atoms with E-state index in [2.05, 4.69) is 15.3 Å². The van der Waals surface area contributed by atoms with E-state index in [0.29, 0.717) is 0 Å². The van der Waals surface area contributed by atoms with Crippen LogP contribution in [-0.2, 0) is 0 Å². The Hall–Kier alpha value is -1.69. The van der Waals surface area contributed by atoms with Crippen LogP contribution in [0, 0.1) is 0 Å². The highest BCUT2D eigenvalue weighted by Gasteiger charge is 2.13. The Labute approximate surface area is 100 Å². The quantitative estimate of drug-likeness (QED) is 0.747. The predicted molar refractivity (Wildman–Crippen MR) is 65.0 cm³/mol. The SMILES string of the molecule is CC[C@H](CN(C)C)NC(=O)c1cncc(=O)[nH]1. The van der Waals surface area contributed by atoms with Crippen LogP contribution in [-0.4, -0.2) is 47.5 Å². The second kappa shape index (κ2) is 6.15. The van der Waals surface area contributed by atoms with Gasteiger partial charge >= 0.3 is 0 Å².